The van der Waals surface area contributed by atoms with Gasteiger partial charge >= 0.3 is 0 Å². The van der Waals surface area contributed by atoms with E-state index in [1.54, 1.807) is 4.90 Å². The van der Waals surface area contributed by atoms with E-state index in [1.807, 2.05) is 13.8 Å². The molecule has 1 N–H and O–H groups in total. The van der Waals surface area contributed by atoms with E-state index < -0.39 is 6.10 Å². The second kappa shape index (κ2) is 5.43. The van der Waals surface area contributed by atoms with E-state index in [9.17, 15) is 14.7 Å². The van der Waals surface area contributed by atoms with E-state index in [0.29, 0.717) is 18.9 Å². The highest BCUT2D eigenvalue weighted by Gasteiger charge is 2.35. The van der Waals surface area contributed by atoms with E-state index in [-0.39, 0.29) is 17.7 Å². The van der Waals surface area contributed by atoms with Gasteiger partial charge in [0.2, 0.25) is 5.91 Å². The SMILES string of the molecule is CC(=O)C(O)C1CCCN1C(=O)CC(C)C. The van der Waals surface area contributed by atoms with E-state index in [2.05, 4.69) is 0 Å². The van der Waals surface area contributed by atoms with Crippen LogP contribution in [0, 0.1) is 5.92 Å². The molecule has 0 aromatic heterocycles. The molecule has 16 heavy (non-hydrogen) atoms. The molecule has 2 unspecified atom stereocenters. The fourth-order valence-corrected chi connectivity index (χ4v) is 2.17. The number of hydrogen-bond acceptors (Lipinski definition) is 3. The van der Waals surface area contributed by atoms with Crippen molar-refractivity contribution in [2.24, 2.45) is 5.92 Å². The van der Waals surface area contributed by atoms with Crippen molar-refractivity contribution < 1.29 is 14.7 Å². The number of hydrogen-bond donors (Lipinski definition) is 1. The third-order valence-electron chi connectivity index (χ3n) is 2.98. The van der Waals surface area contributed by atoms with Crippen molar-refractivity contribution in [3.8, 4) is 0 Å². The van der Waals surface area contributed by atoms with E-state index >= 15 is 0 Å². The van der Waals surface area contributed by atoms with Crippen molar-refractivity contribution >= 4 is 11.7 Å². The number of aliphatic hydroxyl groups is 1. The van der Waals surface area contributed by atoms with Gasteiger partial charge in [0, 0.05) is 13.0 Å². The minimum Gasteiger partial charge on any atom is -0.383 e. The van der Waals surface area contributed by atoms with Crippen LogP contribution in [0.4, 0.5) is 0 Å². The standard InChI is InChI=1S/C12H21NO3/c1-8(2)7-11(15)13-6-4-5-10(13)12(16)9(3)14/h8,10,12,16H,4-7H2,1-3H3. The molecule has 1 aliphatic heterocycles. The molecule has 4 heteroatoms. The number of Topliss-reactive ketones (excluding diaryl/α,β-unsaturated/α-hetero) is 1. The molecule has 0 spiro atoms. The number of rotatable bonds is 4. The summed E-state index contributed by atoms with van der Waals surface area (Å²) in [5.74, 6) is 0.107. The van der Waals surface area contributed by atoms with Gasteiger partial charge < -0.3 is 10.0 Å². The monoisotopic (exact) mass is 227 g/mol. The highest BCUT2D eigenvalue weighted by Crippen LogP contribution is 2.22. The maximum Gasteiger partial charge on any atom is 0.223 e. The van der Waals surface area contributed by atoms with Gasteiger partial charge in [-0.05, 0) is 25.7 Å². The van der Waals surface area contributed by atoms with Crippen molar-refractivity contribution in [2.45, 2.75) is 52.2 Å². The van der Waals surface area contributed by atoms with E-state index in [1.165, 1.54) is 6.92 Å². The zero-order valence-corrected chi connectivity index (χ0v) is 10.3. The van der Waals surface area contributed by atoms with E-state index in [4.69, 9.17) is 0 Å². The lowest BCUT2D eigenvalue weighted by Gasteiger charge is -2.28. The molecule has 0 aromatic rings. The first-order chi connectivity index (χ1) is 7.43. The van der Waals surface area contributed by atoms with Crippen LogP contribution in [0.1, 0.15) is 40.0 Å². The van der Waals surface area contributed by atoms with Crippen molar-refractivity contribution in [2.75, 3.05) is 6.54 Å². The minimum atomic E-state index is -1.02. The Hall–Kier alpha value is -0.900. The van der Waals surface area contributed by atoms with Gasteiger partial charge in [-0.1, -0.05) is 13.8 Å². The normalized spacial score (nSPS) is 22.6. The predicted molar refractivity (Wildman–Crippen MR) is 60.9 cm³/mol. The second-order valence-corrected chi connectivity index (χ2v) is 4.95. The van der Waals surface area contributed by atoms with Gasteiger partial charge in [0.15, 0.2) is 5.78 Å². The fourth-order valence-electron chi connectivity index (χ4n) is 2.17. The van der Waals surface area contributed by atoms with Crippen LogP contribution in [0.5, 0.6) is 0 Å². The summed E-state index contributed by atoms with van der Waals surface area (Å²) < 4.78 is 0. The van der Waals surface area contributed by atoms with Gasteiger partial charge in [0.1, 0.15) is 6.10 Å². The number of nitrogens with zero attached hydrogens (tertiary/aromatic N) is 1. The lowest BCUT2D eigenvalue weighted by atomic mass is 10.0. The summed E-state index contributed by atoms with van der Waals surface area (Å²) in [6, 6.07) is -0.302. The molecule has 1 heterocycles. The summed E-state index contributed by atoms with van der Waals surface area (Å²) in [6.45, 7) is 6.02. The summed E-state index contributed by atoms with van der Waals surface area (Å²) in [4.78, 5) is 24.7. The molecule has 92 valence electrons. The number of likely N-dealkylation sites (tertiary alicyclic amines) is 1. The van der Waals surface area contributed by atoms with Gasteiger partial charge in [0.05, 0.1) is 6.04 Å². The second-order valence-electron chi connectivity index (χ2n) is 4.95. The first kappa shape index (κ1) is 13.2. The Kier molecular flexibility index (Phi) is 4.47. The summed E-state index contributed by atoms with van der Waals surface area (Å²) in [7, 11) is 0. The average molecular weight is 227 g/mol. The van der Waals surface area contributed by atoms with Crippen LogP contribution in [-0.2, 0) is 9.59 Å². The van der Waals surface area contributed by atoms with Crippen LogP contribution in [0.3, 0.4) is 0 Å². The van der Waals surface area contributed by atoms with Crippen LogP contribution in [-0.4, -0.2) is 40.4 Å². The molecule has 2 atom stereocenters. The summed E-state index contributed by atoms with van der Waals surface area (Å²) in [5.41, 5.74) is 0. The van der Waals surface area contributed by atoms with Gasteiger partial charge in [-0.3, -0.25) is 9.59 Å². The van der Waals surface area contributed by atoms with Crippen molar-refractivity contribution in [3.05, 3.63) is 0 Å². The van der Waals surface area contributed by atoms with Crippen LogP contribution >= 0.6 is 0 Å². The Morgan fingerprint density at radius 3 is 2.56 bits per heavy atom. The maximum atomic E-state index is 11.9. The zero-order valence-electron chi connectivity index (χ0n) is 10.3. The topological polar surface area (TPSA) is 57.6 Å². The number of amides is 1. The molecule has 0 saturated carbocycles. The number of carbonyl (C=O) groups is 2. The smallest absolute Gasteiger partial charge is 0.223 e. The fraction of sp³-hybridized carbons (Fsp3) is 0.833. The summed E-state index contributed by atoms with van der Waals surface area (Å²) >= 11 is 0. The van der Waals surface area contributed by atoms with Crippen molar-refractivity contribution in [1.82, 2.24) is 4.90 Å². The first-order valence-corrected chi connectivity index (χ1v) is 5.91. The lowest BCUT2D eigenvalue weighted by molar-refractivity contribution is -0.138. The Balaban J connectivity index is 2.65. The average Bonchev–Trinajstić information content (AvgIpc) is 2.63. The van der Waals surface area contributed by atoms with Gasteiger partial charge in [-0.25, -0.2) is 0 Å². The Morgan fingerprint density at radius 2 is 2.06 bits per heavy atom. The first-order valence-electron chi connectivity index (χ1n) is 5.91. The third kappa shape index (κ3) is 3.04. The van der Waals surface area contributed by atoms with Crippen LogP contribution in [0.25, 0.3) is 0 Å². The molecular weight excluding hydrogens is 206 g/mol. The van der Waals surface area contributed by atoms with Gasteiger partial charge in [-0.15, -0.1) is 0 Å². The predicted octanol–water partition coefficient (Wildman–Crippen LogP) is 0.973. The maximum absolute atomic E-state index is 11.9. The van der Waals surface area contributed by atoms with Crippen molar-refractivity contribution in [1.29, 1.82) is 0 Å². The van der Waals surface area contributed by atoms with E-state index in [0.717, 1.165) is 12.8 Å². The van der Waals surface area contributed by atoms with Gasteiger partial charge in [-0.2, -0.15) is 0 Å². The molecule has 1 amide bonds. The molecular formula is C12H21NO3. The molecule has 0 aromatic carbocycles. The lowest BCUT2D eigenvalue weighted by Crippen LogP contribution is -2.45. The summed E-state index contributed by atoms with van der Waals surface area (Å²) in [5, 5.41) is 9.74. The molecule has 1 rings (SSSR count). The zero-order chi connectivity index (χ0) is 12.3. The third-order valence-corrected chi connectivity index (χ3v) is 2.98. The van der Waals surface area contributed by atoms with Crippen LogP contribution in [0.2, 0.25) is 0 Å². The minimum absolute atomic E-state index is 0.0535. The Labute approximate surface area is 96.6 Å². The number of carbonyl (C=O) groups excluding carboxylic acids is 2. The highest BCUT2D eigenvalue weighted by atomic mass is 16.3. The van der Waals surface area contributed by atoms with Crippen LogP contribution in [0.15, 0.2) is 0 Å². The Morgan fingerprint density at radius 1 is 1.44 bits per heavy atom. The molecule has 0 bridgehead atoms. The molecule has 1 fully saturated rings. The summed E-state index contributed by atoms with van der Waals surface area (Å²) in [6.07, 6.45) is 1.07. The molecule has 0 radical (unpaired) electrons. The quantitative estimate of drug-likeness (QED) is 0.778. The number of aliphatic hydroxyl groups excluding tert-OH is 1. The number of ketones is 1. The van der Waals surface area contributed by atoms with Crippen molar-refractivity contribution in [3.63, 3.8) is 0 Å². The largest absolute Gasteiger partial charge is 0.383 e. The Bertz CT molecular complexity index is 275. The molecule has 1 aliphatic rings. The molecule has 0 aliphatic carbocycles. The van der Waals surface area contributed by atoms with Crippen LogP contribution < -0.4 is 0 Å². The highest BCUT2D eigenvalue weighted by molar-refractivity contribution is 5.83. The molecule has 1 saturated heterocycles. The van der Waals surface area contributed by atoms with Gasteiger partial charge in [0.25, 0.3) is 0 Å². The molecule has 4 nitrogen and oxygen atoms in total.